The molecule has 0 saturated carbocycles. The summed E-state index contributed by atoms with van der Waals surface area (Å²) in [5.74, 6) is -0.932. The molecular formula is C28H24O4. The van der Waals surface area contributed by atoms with Crippen molar-refractivity contribution in [1.29, 1.82) is 0 Å². The van der Waals surface area contributed by atoms with Gasteiger partial charge in [-0.15, -0.1) is 0 Å². The van der Waals surface area contributed by atoms with Gasteiger partial charge in [-0.05, 0) is 11.1 Å². The summed E-state index contributed by atoms with van der Waals surface area (Å²) < 4.78 is 0. The number of ketones is 2. The second-order valence-corrected chi connectivity index (χ2v) is 7.10. The van der Waals surface area contributed by atoms with E-state index in [0.29, 0.717) is 11.1 Å². The van der Waals surface area contributed by atoms with Crippen LogP contribution >= 0.6 is 0 Å². The van der Waals surface area contributed by atoms with Crippen molar-refractivity contribution in [2.75, 3.05) is 0 Å². The zero-order valence-electron chi connectivity index (χ0n) is 17.4. The van der Waals surface area contributed by atoms with Crippen molar-refractivity contribution >= 4 is 11.6 Å². The van der Waals surface area contributed by atoms with Gasteiger partial charge >= 0.3 is 0 Å². The van der Waals surface area contributed by atoms with E-state index in [1.807, 2.05) is 48.5 Å². The molecule has 160 valence electrons. The smallest absolute Gasteiger partial charge is 0.233 e. The molecule has 2 atom stereocenters. The van der Waals surface area contributed by atoms with Crippen LogP contribution in [0.15, 0.2) is 121 Å². The summed E-state index contributed by atoms with van der Waals surface area (Å²) in [7, 11) is 0. The zero-order valence-corrected chi connectivity index (χ0v) is 17.4. The normalized spacial score (nSPS) is 12.1. The highest BCUT2D eigenvalue weighted by molar-refractivity contribution is 6.49. The van der Waals surface area contributed by atoms with Crippen molar-refractivity contribution in [1.82, 2.24) is 0 Å². The predicted molar refractivity (Wildman–Crippen MR) is 124 cm³/mol. The van der Waals surface area contributed by atoms with Gasteiger partial charge in [0.2, 0.25) is 11.6 Å². The van der Waals surface area contributed by atoms with E-state index in [1.165, 1.54) is 0 Å². The first kappa shape index (κ1) is 22.8. The van der Waals surface area contributed by atoms with Crippen LogP contribution < -0.4 is 0 Å². The zero-order chi connectivity index (χ0) is 22.8. The van der Waals surface area contributed by atoms with Gasteiger partial charge in [0.1, 0.15) is 12.2 Å². The SMILES string of the molecule is O=C(C(=O)c1ccccc1)c1ccccc1.OC(c1ccccc1)C(O)c1ccccc1. The van der Waals surface area contributed by atoms with E-state index in [0.717, 1.165) is 11.1 Å². The van der Waals surface area contributed by atoms with Crippen LogP contribution in [0, 0.1) is 0 Å². The minimum atomic E-state index is -0.886. The van der Waals surface area contributed by atoms with E-state index >= 15 is 0 Å². The standard InChI is InChI=1S/C14H14O2.C14H10O2/c2*15-13(11-7-3-1-4-8-11)14(16)12-9-5-2-6-10-12/h1-10,13-16H;1-10H. The molecule has 2 N–H and O–H groups in total. The molecular weight excluding hydrogens is 400 g/mol. The fourth-order valence-corrected chi connectivity index (χ4v) is 3.11. The lowest BCUT2D eigenvalue weighted by atomic mass is 9.99. The number of carbonyl (C=O) groups excluding carboxylic acids is 2. The Kier molecular flexibility index (Phi) is 8.21. The Balaban J connectivity index is 0.000000181. The van der Waals surface area contributed by atoms with Crippen molar-refractivity contribution in [2.24, 2.45) is 0 Å². The average Bonchev–Trinajstić information content (AvgIpc) is 2.89. The van der Waals surface area contributed by atoms with Gasteiger partial charge in [0.25, 0.3) is 0 Å². The number of benzene rings is 4. The molecule has 0 heterocycles. The first-order valence-corrected chi connectivity index (χ1v) is 10.2. The molecule has 4 aromatic carbocycles. The average molecular weight is 424 g/mol. The van der Waals surface area contributed by atoms with E-state index in [2.05, 4.69) is 0 Å². The van der Waals surface area contributed by atoms with E-state index in [9.17, 15) is 19.8 Å². The van der Waals surface area contributed by atoms with E-state index in [4.69, 9.17) is 0 Å². The molecule has 0 aromatic heterocycles. The summed E-state index contributed by atoms with van der Waals surface area (Å²) in [5.41, 5.74) is 2.30. The van der Waals surface area contributed by atoms with Gasteiger partial charge in [0.05, 0.1) is 0 Å². The molecule has 4 heteroatoms. The van der Waals surface area contributed by atoms with Crippen LogP contribution in [-0.4, -0.2) is 21.8 Å². The van der Waals surface area contributed by atoms with Gasteiger partial charge in [-0.1, -0.05) is 121 Å². The van der Waals surface area contributed by atoms with Gasteiger partial charge in [-0.3, -0.25) is 9.59 Å². The molecule has 4 rings (SSSR count). The van der Waals surface area contributed by atoms with Crippen LogP contribution in [0.3, 0.4) is 0 Å². The van der Waals surface area contributed by atoms with E-state index in [-0.39, 0.29) is 0 Å². The third kappa shape index (κ3) is 6.08. The number of aliphatic hydroxyl groups excluding tert-OH is 2. The number of Topliss-reactive ketones (excluding diaryl/α,β-unsaturated/α-hetero) is 2. The van der Waals surface area contributed by atoms with Crippen LogP contribution in [0.2, 0.25) is 0 Å². The van der Waals surface area contributed by atoms with Gasteiger partial charge in [0, 0.05) is 11.1 Å². The summed E-state index contributed by atoms with van der Waals surface area (Å²) in [5, 5.41) is 20.0. The Hall–Kier alpha value is -3.86. The molecule has 0 saturated heterocycles. The van der Waals surface area contributed by atoms with Gasteiger partial charge in [-0.2, -0.15) is 0 Å². The molecule has 0 fully saturated rings. The third-order valence-corrected chi connectivity index (χ3v) is 4.86. The number of hydrogen-bond acceptors (Lipinski definition) is 4. The molecule has 0 spiro atoms. The fraction of sp³-hybridized carbons (Fsp3) is 0.0714. The summed E-state index contributed by atoms with van der Waals surface area (Å²) >= 11 is 0. The summed E-state index contributed by atoms with van der Waals surface area (Å²) in [6.07, 6.45) is -1.77. The van der Waals surface area contributed by atoms with E-state index in [1.54, 1.807) is 72.8 Å². The number of hydrogen-bond donors (Lipinski definition) is 2. The maximum Gasteiger partial charge on any atom is 0.233 e. The molecule has 0 aliphatic rings. The minimum absolute atomic E-state index is 0.427. The largest absolute Gasteiger partial charge is 0.385 e. The molecule has 4 nitrogen and oxygen atoms in total. The first-order valence-electron chi connectivity index (χ1n) is 10.2. The maximum atomic E-state index is 11.8. The van der Waals surface area contributed by atoms with Crippen molar-refractivity contribution in [3.8, 4) is 0 Å². The third-order valence-electron chi connectivity index (χ3n) is 4.86. The lowest BCUT2D eigenvalue weighted by Gasteiger charge is -2.18. The first-order chi connectivity index (χ1) is 15.6. The number of aliphatic hydroxyl groups is 2. The van der Waals surface area contributed by atoms with Crippen molar-refractivity contribution in [3.05, 3.63) is 144 Å². The molecule has 2 unspecified atom stereocenters. The molecule has 32 heavy (non-hydrogen) atoms. The van der Waals surface area contributed by atoms with Crippen molar-refractivity contribution in [3.63, 3.8) is 0 Å². The molecule has 0 radical (unpaired) electrons. The lowest BCUT2D eigenvalue weighted by molar-refractivity contribution is 0.0172. The Bertz CT molecular complexity index is 1020. The summed E-state index contributed by atoms with van der Waals surface area (Å²) in [6.45, 7) is 0. The maximum absolute atomic E-state index is 11.8. The molecule has 0 amide bonds. The van der Waals surface area contributed by atoms with Crippen LogP contribution in [0.4, 0.5) is 0 Å². The Labute approximate surface area is 187 Å². The number of rotatable bonds is 6. The Morgan fingerprint density at radius 3 is 0.969 bits per heavy atom. The summed E-state index contributed by atoms with van der Waals surface area (Å²) in [4.78, 5) is 23.6. The van der Waals surface area contributed by atoms with Crippen LogP contribution in [0.5, 0.6) is 0 Å². The second kappa shape index (κ2) is 11.5. The van der Waals surface area contributed by atoms with Gasteiger partial charge in [-0.25, -0.2) is 0 Å². The van der Waals surface area contributed by atoms with E-state index < -0.39 is 23.8 Å². The number of carbonyl (C=O) groups is 2. The minimum Gasteiger partial charge on any atom is -0.385 e. The van der Waals surface area contributed by atoms with Crippen molar-refractivity contribution in [2.45, 2.75) is 12.2 Å². The van der Waals surface area contributed by atoms with Crippen molar-refractivity contribution < 1.29 is 19.8 Å². The van der Waals surface area contributed by atoms with Gasteiger partial charge in [0.15, 0.2) is 0 Å². The highest BCUT2D eigenvalue weighted by Gasteiger charge is 2.19. The quantitative estimate of drug-likeness (QED) is 0.329. The Morgan fingerprint density at radius 2 is 0.688 bits per heavy atom. The highest BCUT2D eigenvalue weighted by atomic mass is 16.3. The van der Waals surface area contributed by atoms with Crippen LogP contribution in [0.25, 0.3) is 0 Å². The second-order valence-electron chi connectivity index (χ2n) is 7.10. The highest BCUT2D eigenvalue weighted by Crippen LogP contribution is 2.27. The van der Waals surface area contributed by atoms with Crippen LogP contribution in [0.1, 0.15) is 44.1 Å². The Morgan fingerprint density at radius 1 is 0.438 bits per heavy atom. The lowest BCUT2D eigenvalue weighted by Crippen LogP contribution is -2.14. The molecule has 4 aromatic rings. The van der Waals surface area contributed by atoms with Gasteiger partial charge < -0.3 is 10.2 Å². The topological polar surface area (TPSA) is 74.6 Å². The molecule has 0 aliphatic heterocycles. The fourth-order valence-electron chi connectivity index (χ4n) is 3.11. The summed E-state index contributed by atoms with van der Waals surface area (Å²) in [6, 6.07) is 35.5. The van der Waals surface area contributed by atoms with Crippen LogP contribution in [-0.2, 0) is 0 Å². The molecule has 0 aliphatic carbocycles. The predicted octanol–water partition coefficient (Wildman–Crippen LogP) is 5.21. The monoisotopic (exact) mass is 424 g/mol. The molecule has 0 bridgehead atoms.